The zero-order valence-corrected chi connectivity index (χ0v) is 21.5. The van der Waals surface area contributed by atoms with Crippen LogP contribution in [0.5, 0.6) is 11.5 Å². The first kappa shape index (κ1) is 25.8. The Bertz CT molecular complexity index is 1550. The number of allylic oxidation sites excluding steroid dienone is 1. The van der Waals surface area contributed by atoms with Gasteiger partial charge in [-0.3, -0.25) is 14.2 Å². The molecule has 2 heterocycles. The molecule has 0 saturated heterocycles. The molecule has 1 aliphatic heterocycles. The van der Waals surface area contributed by atoms with Crippen LogP contribution >= 0.6 is 11.3 Å². The molecule has 4 rings (SSSR count). The van der Waals surface area contributed by atoms with Crippen LogP contribution in [-0.4, -0.2) is 29.7 Å². The van der Waals surface area contributed by atoms with Crippen molar-refractivity contribution >= 4 is 29.4 Å². The van der Waals surface area contributed by atoms with Gasteiger partial charge in [-0.1, -0.05) is 48.3 Å². The van der Waals surface area contributed by atoms with Crippen LogP contribution in [0.25, 0.3) is 6.08 Å². The summed E-state index contributed by atoms with van der Waals surface area (Å²) in [6, 6.07) is 13.3. The first-order valence-electron chi connectivity index (χ1n) is 11.6. The Morgan fingerprint density at radius 2 is 1.78 bits per heavy atom. The highest BCUT2D eigenvalue weighted by Crippen LogP contribution is 2.31. The summed E-state index contributed by atoms with van der Waals surface area (Å²) in [6.07, 6.45) is 3.45. The first-order valence-corrected chi connectivity index (χ1v) is 12.5. The van der Waals surface area contributed by atoms with E-state index < -0.39 is 18.0 Å². The molecule has 8 nitrogen and oxygen atoms in total. The van der Waals surface area contributed by atoms with Crippen LogP contribution < -0.4 is 24.4 Å². The van der Waals surface area contributed by atoms with Crippen molar-refractivity contribution in [3.63, 3.8) is 0 Å². The predicted molar refractivity (Wildman–Crippen MR) is 140 cm³/mol. The number of ether oxygens (including phenoxy) is 3. The number of thiazole rings is 1. The van der Waals surface area contributed by atoms with E-state index in [4.69, 9.17) is 14.2 Å². The number of rotatable bonds is 8. The minimum Gasteiger partial charge on any atom is -0.490 e. The van der Waals surface area contributed by atoms with Gasteiger partial charge in [-0.05, 0) is 55.3 Å². The molecule has 0 spiro atoms. The standard InChI is InChI=1S/C28H26N2O6S/c1-5-15-35-21-11-7-19(8-12-21)16-23-26(32)30-25(20-9-13-22(14-10-20)36-18(4)31)24(27(33)34-6-2)17(3)29-28(30)37-23/h5,7-14,16,25H,1,6,15H2,2-4H3/b23-16-. The van der Waals surface area contributed by atoms with Gasteiger partial charge in [0.1, 0.15) is 18.1 Å². The van der Waals surface area contributed by atoms with Gasteiger partial charge in [0.2, 0.25) is 0 Å². The Morgan fingerprint density at radius 3 is 2.41 bits per heavy atom. The van der Waals surface area contributed by atoms with Gasteiger partial charge < -0.3 is 14.2 Å². The fraction of sp³-hybridized carbons (Fsp3) is 0.214. The molecule has 0 N–H and O–H groups in total. The van der Waals surface area contributed by atoms with Gasteiger partial charge in [0.05, 0.1) is 28.5 Å². The van der Waals surface area contributed by atoms with Gasteiger partial charge in [-0.15, -0.1) is 0 Å². The third kappa shape index (κ3) is 5.62. The average molecular weight is 519 g/mol. The van der Waals surface area contributed by atoms with Gasteiger partial charge in [0.25, 0.3) is 5.56 Å². The molecule has 1 unspecified atom stereocenters. The van der Waals surface area contributed by atoms with Crippen molar-refractivity contribution in [1.29, 1.82) is 0 Å². The van der Waals surface area contributed by atoms with Crippen LogP contribution in [0.1, 0.15) is 37.9 Å². The molecule has 37 heavy (non-hydrogen) atoms. The third-order valence-corrected chi connectivity index (χ3v) is 6.50. The lowest BCUT2D eigenvalue weighted by molar-refractivity contribution is -0.139. The molecule has 0 saturated carbocycles. The first-order chi connectivity index (χ1) is 17.8. The van der Waals surface area contributed by atoms with Gasteiger partial charge in [-0.2, -0.15) is 0 Å². The van der Waals surface area contributed by atoms with Gasteiger partial charge in [0, 0.05) is 6.92 Å². The molecule has 0 fully saturated rings. The molecule has 0 amide bonds. The maximum atomic E-state index is 13.7. The van der Waals surface area contributed by atoms with Crippen molar-refractivity contribution in [3.05, 3.63) is 103 Å². The molecular weight excluding hydrogens is 492 g/mol. The van der Waals surface area contributed by atoms with E-state index in [0.717, 1.165) is 5.56 Å². The number of hydrogen-bond donors (Lipinski definition) is 0. The normalized spacial score (nSPS) is 15.0. The number of carbonyl (C=O) groups is 2. The van der Waals surface area contributed by atoms with Crippen LogP contribution in [0.2, 0.25) is 0 Å². The summed E-state index contributed by atoms with van der Waals surface area (Å²) >= 11 is 1.24. The third-order valence-electron chi connectivity index (χ3n) is 5.52. The molecule has 190 valence electrons. The summed E-state index contributed by atoms with van der Waals surface area (Å²) in [5.74, 6) is 0.0826. The Balaban J connectivity index is 1.82. The zero-order chi connectivity index (χ0) is 26.5. The van der Waals surface area contributed by atoms with Crippen LogP contribution in [0.3, 0.4) is 0 Å². The number of nitrogens with zero attached hydrogens (tertiary/aromatic N) is 2. The van der Waals surface area contributed by atoms with Crippen LogP contribution in [-0.2, 0) is 14.3 Å². The van der Waals surface area contributed by atoms with Crippen molar-refractivity contribution in [2.24, 2.45) is 4.99 Å². The SMILES string of the molecule is C=CCOc1ccc(/C=c2\sc3n(c2=O)C(c2ccc(OC(C)=O)cc2)C(C(=O)OCC)=C(C)N=3)cc1. The largest absolute Gasteiger partial charge is 0.490 e. The number of hydrogen-bond acceptors (Lipinski definition) is 8. The van der Waals surface area contributed by atoms with E-state index in [-0.39, 0.29) is 17.7 Å². The predicted octanol–water partition coefficient (Wildman–Crippen LogP) is 3.29. The summed E-state index contributed by atoms with van der Waals surface area (Å²) in [5, 5.41) is 0. The molecule has 0 radical (unpaired) electrons. The molecule has 0 aliphatic carbocycles. The van der Waals surface area contributed by atoms with E-state index >= 15 is 0 Å². The van der Waals surface area contributed by atoms with E-state index in [1.165, 1.54) is 22.8 Å². The molecular formula is C28H26N2O6S. The highest BCUT2D eigenvalue weighted by Gasteiger charge is 2.33. The maximum absolute atomic E-state index is 13.7. The van der Waals surface area contributed by atoms with Crippen molar-refractivity contribution in [3.8, 4) is 11.5 Å². The fourth-order valence-corrected chi connectivity index (χ4v) is 5.00. The summed E-state index contributed by atoms with van der Waals surface area (Å²) in [6.45, 7) is 9.00. The fourth-order valence-electron chi connectivity index (χ4n) is 3.96. The van der Waals surface area contributed by atoms with Crippen LogP contribution in [0.15, 0.2) is 82.2 Å². The molecule has 2 aromatic carbocycles. The van der Waals surface area contributed by atoms with E-state index in [2.05, 4.69) is 11.6 Å². The maximum Gasteiger partial charge on any atom is 0.338 e. The van der Waals surface area contributed by atoms with E-state index in [9.17, 15) is 14.4 Å². The van der Waals surface area contributed by atoms with Crippen molar-refractivity contribution in [2.75, 3.05) is 13.2 Å². The minimum absolute atomic E-state index is 0.185. The van der Waals surface area contributed by atoms with Gasteiger partial charge in [0.15, 0.2) is 4.80 Å². The second-order valence-electron chi connectivity index (χ2n) is 8.13. The number of benzene rings is 2. The Kier molecular flexibility index (Phi) is 7.83. The molecule has 9 heteroatoms. The summed E-state index contributed by atoms with van der Waals surface area (Å²) in [4.78, 5) is 43.0. The smallest absolute Gasteiger partial charge is 0.338 e. The quantitative estimate of drug-likeness (QED) is 0.258. The summed E-state index contributed by atoms with van der Waals surface area (Å²) in [5.41, 5.74) is 1.96. The molecule has 1 aliphatic rings. The van der Waals surface area contributed by atoms with Gasteiger partial charge in [-0.25, -0.2) is 9.79 Å². The Labute approximate surface area is 217 Å². The lowest BCUT2D eigenvalue weighted by Crippen LogP contribution is -2.39. The second kappa shape index (κ2) is 11.2. The average Bonchev–Trinajstić information content (AvgIpc) is 3.17. The highest BCUT2D eigenvalue weighted by atomic mass is 32.1. The van der Waals surface area contributed by atoms with Crippen molar-refractivity contribution in [1.82, 2.24) is 4.57 Å². The van der Waals surface area contributed by atoms with E-state index in [1.54, 1.807) is 50.3 Å². The van der Waals surface area contributed by atoms with E-state index in [0.29, 0.717) is 38.7 Å². The Hall–Kier alpha value is -4.24. The number of aromatic nitrogens is 1. The molecule has 1 aromatic heterocycles. The monoisotopic (exact) mass is 518 g/mol. The minimum atomic E-state index is -0.751. The van der Waals surface area contributed by atoms with Crippen LogP contribution in [0.4, 0.5) is 0 Å². The lowest BCUT2D eigenvalue weighted by Gasteiger charge is -2.24. The van der Waals surface area contributed by atoms with Crippen LogP contribution in [0, 0.1) is 0 Å². The molecule has 0 bridgehead atoms. The second-order valence-corrected chi connectivity index (χ2v) is 9.14. The number of fused-ring (bicyclic) bond motifs is 1. The summed E-state index contributed by atoms with van der Waals surface area (Å²) in [7, 11) is 0. The van der Waals surface area contributed by atoms with Gasteiger partial charge >= 0.3 is 11.9 Å². The lowest BCUT2D eigenvalue weighted by atomic mass is 9.96. The molecule has 1 atom stereocenters. The number of esters is 2. The number of carbonyl (C=O) groups excluding carboxylic acids is 2. The molecule has 3 aromatic rings. The van der Waals surface area contributed by atoms with E-state index in [1.807, 2.05) is 24.3 Å². The van der Waals surface area contributed by atoms with Crippen molar-refractivity contribution in [2.45, 2.75) is 26.8 Å². The summed E-state index contributed by atoms with van der Waals surface area (Å²) < 4.78 is 18.0. The van der Waals surface area contributed by atoms with Crippen molar-refractivity contribution < 1.29 is 23.8 Å². The zero-order valence-electron chi connectivity index (χ0n) is 20.7. The highest BCUT2D eigenvalue weighted by molar-refractivity contribution is 7.07. The Morgan fingerprint density at radius 1 is 1.11 bits per heavy atom. The topological polar surface area (TPSA) is 96.2 Å².